The third-order valence-electron chi connectivity index (χ3n) is 2.24. The maximum absolute atomic E-state index is 3.37. The summed E-state index contributed by atoms with van der Waals surface area (Å²) in [5.41, 5.74) is 5.58. The molecule has 0 amide bonds. The number of nitrogens with one attached hydrogen (secondary N) is 1. The molecule has 11 heavy (non-hydrogen) atoms. The van der Waals surface area contributed by atoms with Gasteiger partial charge in [-0.3, -0.25) is 0 Å². The average Bonchev–Trinajstić information content (AvgIpc) is 2.27. The molecular formula is C10H15N. The van der Waals surface area contributed by atoms with Crippen LogP contribution in [-0.2, 0) is 6.42 Å². The summed E-state index contributed by atoms with van der Waals surface area (Å²) < 4.78 is 0. The number of H-pyrrole nitrogens is 1. The summed E-state index contributed by atoms with van der Waals surface area (Å²) in [6, 6.07) is 2.22. The zero-order valence-corrected chi connectivity index (χ0v) is 7.07. The van der Waals surface area contributed by atoms with Gasteiger partial charge in [-0.25, -0.2) is 0 Å². The van der Waals surface area contributed by atoms with Gasteiger partial charge in [-0.05, 0) is 38.3 Å². The molecule has 1 heteroatoms. The standard InChI is InChI=1S/C10H13N.H2/c1-7-3-4-10-9(5-7)6-8(2)11-10;/h5-6,11H,3-4H2,1-2H3;1H. The summed E-state index contributed by atoms with van der Waals surface area (Å²) >= 11 is 0. The fourth-order valence-corrected chi connectivity index (χ4v) is 1.66. The normalized spacial score (nSPS) is 16.0. The van der Waals surface area contributed by atoms with E-state index in [0.717, 1.165) is 0 Å². The van der Waals surface area contributed by atoms with Gasteiger partial charge in [0.05, 0.1) is 0 Å². The van der Waals surface area contributed by atoms with Gasteiger partial charge in [-0.1, -0.05) is 11.6 Å². The third kappa shape index (κ3) is 1.11. The highest BCUT2D eigenvalue weighted by molar-refractivity contribution is 5.58. The van der Waals surface area contributed by atoms with Crippen LogP contribution < -0.4 is 0 Å². The topological polar surface area (TPSA) is 15.8 Å². The minimum Gasteiger partial charge on any atom is -0.362 e. The minimum atomic E-state index is 0. The summed E-state index contributed by atoms with van der Waals surface area (Å²) in [5, 5.41) is 0. The molecule has 1 aromatic rings. The molecule has 1 N–H and O–H groups in total. The van der Waals surface area contributed by atoms with Crippen molar-refractivity contribution < 1.29 is 1.43 Å². The van der Waals surface area contributed by atoms with Crippen molar-refractivity contribution in [2.45, 2.75) is 26.7 Å². The summed E-state index contributed by atoms with van der Waals surface area (Å²) in [6.45, 7) is 4.31. The number of hydrogen-bond donors (Lipinski definition) is 1. The smallest absolute Gasteiger partial charge is 0.0225 e. The molecule has 0 unspecified atom stereocenters. The fourth-order valence-electron chi connectivity index (χ4n) is 1.66. The first-order valence-corrected chi connectivity index (χ1v) is 4.11. The van der Waals surface area contributed by atoms with E-state index in [-0.39, 0.29) is 1.43 Å². The van der Waals surface area contributed by atoms with Gasteiger partial charge in [-0.2, -0.15) is 0 Å². The molecule has 0 saturated carbocycles. The number of hydrogen-bond acceptors (Lipinski definition) is 0. The number of aryl methyl sites for hydroxylation is 2. The van der Waals surface area contributed by atoms with Gasteiger partial charge in [0.2, 0.25) is 0 Å². The van der Waals surface area contributed by atoms with Crippen LogP contribution in [0.4, 0.5) is 0 Å². The predicted molar refractivity (Wildman–Crippen MR) is 49.6 cm³/mol. The highest BCUT2D eigenvalue weighted by Gasteiger charge is 2.08. The zero-order valence-electron chi connectivity index (χ0n) is 7.07. The van der Waals surface area contributed by atoms with Crippen LogP contribution >= 0.6 is 0 Å². The monoisotopic (exact) mass is 149 g/mol. The van der Waals surface area contributed by atoms with E-state index in [9.17, 15) is 0 Å². The number of aromatic amines is 1. The molecule has 0 aliphatic heterocycles. The number of rotatable bonds is 0. The molecule has 1 aliphatic rings. The number of aromatic nitrogens is 1. The summed E-state index contributed by atoms with van der Waals surface area (Å²) in [7, 11) is 0. The van der Waals surface area contributed by atoms with Crippen molar-refractivity contribution in [2.24, 2.45) is 0 Å². The quantitative estimate of drug-likeness (QED) is 0.583. The molecular weight excluding hydrogens is 134 g/mol. The lowest BCUT2D eigenvalue weighted by atomic mass is 9.99. The first-order chi connectivity index (χ1) is 5.25. The molecule has 0 atom stereocenters. The number of fused-ring (bicyclic) bond motifs is 1. The fraction of sp³-hybridized carbons (Fsp3) is 0.400. The molecule has 1 heterocycles. The Bertz CT molecular complexity index is 310. The lowest BCUT2D eigenvalue weighted by Gasteiger charge is -2.08. The Kier molecular flexibility index (Phi) is 1.38. The van der Waals surface area contributed by atoms with Crippen molar-refractivity contribution >= 4 is 6.08 Å². The van der Waals surface area contributed by atoms with Gasteiger partial charge in [0, 0.05) is 12.8 Å². The molecule has 1 aliphatic carbocycles. The highest BCUT2D eigenvalue weighted by atomic mass is 14.7. The SMILES string of the molecule is CC1=Cc2cc(C)[nH]c2CC1.[HH]. The van der Waals surface area contributed by atoms with Gasteiger partial charge >= 0.3 is 0 Å². The van der Waals surface area contributed by atoms with E-state index >= 15 is 0 Å². The van der Waals surface area contributed by atoms with Crippen LogP contribution in [0, 0.1) is 6.92 Å². The third-order valence-corrected chi connectivity index (χ3v) is 2.24. The zero-order chi connectivity index (χ0) is 7.84. The lowest BCUT2D eigenvalue weighted by molar-refractivity contribution is 0.893. The molecule has 0 fully saturated rings. The Morgan fingerprint density at radius 3 is 3.00 bits per heavy atom. The Hall–Kier alpha value is -0.980. The van der Waals surface area contributed by atoms with E-state index in [4.69, 9.17) is 0 Å². The van der Waals surface area contributed by atoms with E-state index in [1.165, 1.54) is 35.4 Å². The van der Waals surface area contributed by atoms with Crippen LogP contribution in [0.3, 0.4) is 0 Å². The van der Waals surface area contributed by atoms with Gasteiger partial charge in [0.1, 0.15) is 0 Å². The Morgan fingerprint density at radius 2 is 2.18 bits per heavy atom. The van der Waals surface area contributed by atoms with Gasteiger partial charge < -0.3 is 4.98 Å². The van der Waals surface area contributed by atoms with Crippen LogP contribution in [0.1, 0.15) is 31.7 Å². The van der Waals surface area contributed by atoms with Crippen molar-refractivity contribution in [1.82, 2.24) is 4.98 Å². The van der Waals surface area contributed by atoms with Crippen LogP contribution in [0.2, 0.25) is 0 Å². The highest BCUT2D eigenvalue weighted by Crippen LogP contribution is 2.23. The molecule has 0 saturated heterocycles. The Morgan fingerprint density at radius 1 is 1.36 bits per heavy atom. The Balaban J connectivity index is 0.000000720. The molecule has 1 nitrogen and oxygen atoms in total. The van der Waals surface area contributed by atoms with E-state index < -0.39 is 0 Å². The van der Waals surface area contributed by atoms with Crippen LogP contribution in [0.5, 0.6) is 0 Å². The molecule has 60 valence electrons. The van der Waals surface area contributed by atoms with Gasteiger partial charge in [-0.15, -0.1) is 0 Å². The largest absolute Gasteiger partial charge is 0.362 e. The van der Waals surface area contributed by atoms with E-state index in [1.807, 2.05) is 0 Å². The van der Waals surface area contributed by atoms with E-state index in [1.54, 1.807) is 0 Å². The lowest BCUT2D eigenvalue weighted by Crippen LogP contribution is -1.94. The average molecular weight is 149 g/mol. The maximum atomic E-state index is 3.37. The summed E-state index contributed by atoms with van der Waals surface area (Å²) in [4.78, 5) is 3.37. The molecule has 0 spiro atoms. The maximum Gasteiger partial charge on any atom is 0.0225 e. The first kappa shape index (κ1) is 6.71. The van der Waals surface area contributed by atoms with E-state index in [2.05, 4.69) is 31.0 Å². The molecule has 0 radical (unpaired) electrons. The summed E-state index contributed by atoms with van der Waals surface area (Å²) in [6.07, 6.45) is 4.68. The van der Waals surface area contributed by atoms with Crippen LogP contribution in [0.15, 0.2) is 11.6 Å². The van der Waals surface area contributed by atoms with Crippen molar-refractivity contribution in [3.05, 3.63) is 28.6 Å². The van der Waals surface area contributed by atoms with Crippen LogP contribution in [0.25, 0.3) is 6.08 Å². The first-order valence-electron chi connectivity index (χ1n) is 4.11. The molecule has 0 bridgehead atoms. The second kappa shape index (κ2) is 2.26. The van der Waals surface area contributed by atoms with Crippen molar-refractivity contribution in [3.8, 4) is 0 Å². The van der Waals surface area contributed by atoms with Crippen molar-refractivity contribution in [2.75, 3.05) is 0 Å². The van der Waals surface area contributed by atoms with Gasteiger partial charge in [0.15, 0.2) is 0 Å². The Labute approximate surface area is 68.6 Å². The predicted octanol–water partition coefficient (Wildman–Crippen LogP) is 2.92. The number of allylic oxidation sites excluding steroid dienone is 1. The molecule has 2 rings (SSSR count). The molecule has 0 aromatic carbocycles. The van der Waals surface area contributed by atoms with Crippen molar-refractivity contribution in [1.29, 1.82) is 0 Å². The molecule has 1 aromatic heterocycles. The minimum absolute atomic E-state index is 0. The van der Waals surface area contributed by atoms with Crippen molar-refractivity contribution in [3.63, 3.8) is 0 Å². The van der Waals surface area contributed by atoms with Crippen LogP contribution in [-0.4, -0.2) is 4.98 Å². The van der Waals surface area contributed by atoms with E-state index in [0.29, 0.717) is 0 Å². The summed E-state index contributed by atoms with van der Waals surface area (Å²) in [5.74, 6) is 0. The second-order valence-corrected chi connectivity index (χ2v) is 3.38. The second-order valence-electron chi connectivity index (χ2n) is 3.38. The van der Waals surface area contributed by atoms with Gasteiger partial charge in [0.25, 0.3) is 0 Å².